The number of methoxy groups -OCH3 is 2. The van der Waals surface area contributed by atoms with Gasteiger partial charge in [-0.25, -0.2) is 9.18 Å². The molecule has 48 heavy (non-hydrogen) atoms. The van der Waals surface area contributed by atoms with E-state index in [0.29, 0.717) is 50.9 Å². The van der Waals surface area contributed by atoms with Crippen molar-refractivity contribution in [3.8, 4) is 33.8 Å². The van der Waals surface area contributed by atoms with Crippen molar-refractivity contribution in [2.45, 2.75) is 39.5 Å². The smallest absolute Gasteiger partial charge is 0.434 e. The number of aromatic nitrogens is 2. The van der Waals surface area contributed by atoms with Gasteiger partial charge >= 0.3 is 6.09 Å². The highest BCUT2D eigenvalue weighted by Gasteiger charge is 2.26. The standard InChI is InChI=1S/C36H34Cl2FN3O6/c1-36(2,3)48-35(44)42(47-6)19-28-30(39)14-21(15-33(28)46-5)24-9-7-11-26(34(24)38)25-10-8-12-31-27(25)17-40-41(31)18-22-16-32(45-4)23(20-43)13-29(22)37/h7-17,20H,18-19H2,1-6H3. The SMILES string of the molecule is COc1cc(Cn2ncc3c(-c4cccc(-c5cc(F)c(CN(OC)C(=O)OC(C)(C)C)c(OC)c5)c4Cl)cccc32)c(Cl)cc1C=O. The fourth-order valence-corrected chi connectivity index (χ4v) is 5.92. The van der Waals surface area contributed by atoms with Crippen molar-refractivity contribution in [2.24, 2.45) is 0 Å². The Hall–Kier alpha value is -4.64. The van der Waals surface area contributed by atoms with E-state index in [1.54, 1.807) is 55.9 Å². The van der Waals surface area contributed by atoms with Crippen molar-refractivity contribution in [1.29, 1.82) is 0 Å². The summed E-state index contributed by atoms with van der Waals surface area (Å²) in [4.78, 5) is 29.2. The van der Waals surface area contributed by atoms with E-state index < -0.39 is 17.5 Å². The molecular formula is C36H34Cl2FN3O6. The lowest BCUT2D eigenvalue weighted by Gasteiger charge is -2.26. The van der Waals surface area contributed by atoms with Gasteiger partial charge in [-0.1, -0.05) is 53.5 Å². The number of carbonyl (C=O) groups is 2. The van der Waals surface area contributed by atoms with Crippen LogP contribution in [0.1, 0.15) is 42.3 Å². The third-order valence-corrected chi connectivity index (χ3v) is 8.39. The summed E-state index contributed by atoms with van der Waals surface area (Å²) < 4.78 is 33.8. The van der Waals surface area contributed by atoms with Crippen molar-refractivity contribution in [3.05, 3.63) is 99.4 Å². The summed E-state index contributed by atoms with van der Waals surface area (Å²) in [5.74, 6) is 0.0125. The van der Waals surface area contributed by atoms with E-state index in [9.17, 15) is 9.59 Å². The molecule has 0 N–H and O–H groups in total. The van der Waals surface area contributed by atoms with Gasteiger partial charge in [-0.15, -0.1) is 0 Å². The maximum atomic E-state index is 15.7. The van der Waals surface area contributed by atoms with Crippen LogP contribution in [-0.4, -0.2) is 54.2 Å². The van der Waals surface area contributed by atoms with Gasteiger partial charge in [0.05, 0.1) is 62.3 Å². The second-order valence-corrected chi connectivity index (χ2v) is 12.6. The number of hydroxylamine groups is 2. The monoisotopic (exact) mass is 693 g/mol. The molecule has 0 saturated heterocycles. The number of nitrogens with zero attached hydrogens (tertiary/aromatic N) is 3. The van der Waals surface area contributed by atoms with Crippen LogP contribution in [0.4, 0.5) is 9.18 Å². The minimum absolute atomic E-state index is 0.108. The second kappa shape index (κ2) is 14.2. The first kappa shape index (κ1) is 34.7. The van der Waals surface area contributed by atoms with Crippen molar-refractivity contribution < 1.29 is 33.0 Å². The molecule has 0 bridgehead atoms. The summed E-state index contributed by atoms with van der Waals surface area (Å²) in [6.07, 6.45) is 1.69. The number of ether oxygens (including phenoxy) is 3. The minimum atomic E-state index is -0.767. The Labute approximate surface area is 287 Å². The van der Waals surface area contributed by atoms with Crippen molar-refractivity contribution in [2.75, 3.05) is 21.3 Å². The zero-order chi connectivity index (χ0) is 34.7. The number of halogens is 3. The molecule has 5 aromatic rings. The molecule has 0 unspecified atom stereocenters. The van der Waals surface area contributed by atoms with Crippen LogP contribution in [0.5, 0.6) is 11.5 Å². The number of hydrogen-bond donors (Lipinski definition) is 0. The Morgan fingerprint density at radius 1 is 0.958 bits per heavy atom. The van der Waals surface area contributed by atoms with Gasteiger partial charge in [0.25, 0.3) is 0 Å². The van der Waals surface area contributed by atoms with E-state index >= 15 is 4.39 Å². The molecule has 4 aromatic carbocycles. The van der Waals surface area contributed by atoms with E-state index in [0.717, 1.165) is 27.1 Å². The summed E-state index contributed by atoms with van der Waals surface area (Å²) in [6, 6.07) is 17.6. The number of aldehydes is 1. The van der Waals surface area contributed by atoms with Crippen LogP contribution in [0.3, 0.4) is 0 Å². The summed E-state index contributed by atoms with van der Waals surface area (Å²) in [6.45, 7) is 5.25. The number of benzene rings is 4. The lowest BCUT2D eigenvalue weighted by molar-refractivity contribution is -0.130. The van der Waals surface area contributed by atoms with E-state index in [1.165, 1.54) is 27.4 Å². The molecule has 0 spiro atoms. The number of amides is 1. The first-order valence-corrected chi connectivity index (χ1v) is 15.6. The zero-order valence-electron chi connectivity index (χ0n) is 27.3. The molecule has 1 amide bonds. The molecule has 0 atom stereocenters. The first-order chi connectivity index (χ1) is 22.9. The quantitative estimate of drug-likeness (QED) is 0.106. The molecule has 9 nitrogen and oxygen atoms in total. The predicted octanol–water partition coefficient (Wildman–Crippen LogP) is 8.99. The summed E-state index contributed by atoms with van der Waals surface area (Å²) in [5.41, 5.74) is 3.85. The van der Waals surface area contributed by atoms with Crippen LogP contribution in [0.25, 0.3) is 33.2 Å². The molecule has 0 aliphatic heterocycles. The van der Waals surface area contributed by atoms with Crippen LogP contribution in [0, 0.1) is 5.82 Å². The van der Waals surface area contributed by atoms with Gasteiger partial charge in [-0.2, -0.15) is 10.2 Å². The molecule has 12 heteroatoms. The number of fused-ring (bicyclic) bond motifs is 1. The minimum Gasteiger partial charge on any atom is -0.496 e. The average Bonchev–Trinajstić information content (AvgIpc) is 3.46. The van der Waals surface area contributed by atoms with E-state index in [1.807, 2.05) is 30.3 Å². The van der Waals surface area contributed by atoms with Crippen molar-refractivity contribution >= 4 is 46.5 Å². The van der Waals surface area contributed by atoms with E-state index in [2.05, 4.69) is 5.10 Å². The molecule has 5 rings (SSSR count). The molecule has 0 aliphatic carbocycles. The third-order valence-electron chi connectivity index (χ3n) is 7.63. The van der Waals surface area contributed by atoms with Gasteiger partial charge in [-0.05, 0) is 67.8 Å². The van der Waals surface area contributed by atoms with Crippen LogP contribution in [0.15, 0.2) is 66.9 Å². The van der Waals surface area contributed by atoms with Crippen molar-refractivity contribution in [1.82, 2.24) is 14.8 Å². The second-order valence-electron chi connectivity index (χ2n) is 11.8. The Kier molecular flexibility index (Phi) is 10.3. The number of carbonyl (C=O) groups excluding carboxylic acids is 2. The molecule has 0 fully saturated rings. The maximum absolute atomic E-state index is 15.7. The van der Waals surface area contributed by atoms with Gasteiger partial charge in [-0.3, -0.25) is 14.3 Å². The molecule has 0 aliphatic rings. The summed E-state index contributed by atoms with van der Waals surface area (Å²) in [7, 11) is 4.22. The predicted molar refractivity (Wildman–Crippen MR) is 183 cm³/mol. The Morgan fingerprint density at radius 2 is 1.65 bits per heavy atom. The fraction of sp³-hybridized carbons (Fsp3) is 0.250. The van der Waals surface area contributed by atoms with Gasteiger partial charge in [0.2, 0.25) is 0 Å². The van der Waals surface area contributed by atoms with E-state index in [4.69, 9.17) is 42.3 Å². The lowest BCUT2D eigenvalue weighted by Crippen LogP contribution is -2.36. The third kappa shape index (κ3) is 7.11. The highest BCUT2D eigenvalue weighted by molar-refractivity contribution is 6.36. The zero-order valence-corrected chi connectivity index (χ0v) is 28.8. The van der Waals surface area contributed by atoms with Gasteiger partial charge in [0.1, 0.15) is 22.9 Å². The molecular weight excluding hydrogens is 660 g/mol. The average molecular weight is 695 g/mol. The Morgan fingerprint density at radius 3 is 2.31 bits per heavy atom. The maximum Gasteiger partial charge on any atom is 0.434 e. The van der Waals surface area contributed by atoms with Crippen molar-refractivity contribution in [3.63, 3.8) is 0 Å². The normalized spacial score (nSPS) is 11.4. The van der Waals surface area contributed by atoms with Crippen LogP contribution in [-0.2, 0) is 22.7 Å². The topological polar surface area (TPSA) is 92.1 Å². The first-order valence-electron chi connectivity index (χ1n) is 14.9. The largest absolute Gasteiger partial charge is 0.496 e. The molecule has 0 radical (unpaired) electrons. The molecule has 250 valence electrons. The fourth-order valence-electron chi connectivity index (χ4n) is 5.35. The highest BCUT2D eigenvalue weighted by Crippen LogP contribution is 2.41. The molecule has 1 aromatic heterocycles. The number of rotatable bonds is 10. The van der Waals surface area contributed by atoms with Crippen LogP contribution >= 0.6 is 23.2 Å². The van der Waals surface area contributed by atoms with Gasteiger partial charge in [0, 0.05) is 21.5 Å². The van der Waals surface area contributed by atoms with Gasteiger partial charge < -0.3 is 14.2 Å². The number of hydrogen-bond acceptors (Lipinski definition) is 7. The lowest BCUT2D eigenvalue weighted by atomic mass is 9.96. The molecule has 1 heterocycles. The van der Waals surface area contributed by atoms with Crippen LogP contribution in [0.2, 0.25) is 10.0 Å². The Balaban J connectivity index is 1.50. The summed E-state index contributed by atoms with van der Waals surface area (Å²) in [5, 5.41) is 7.20. The van der Waals surface area contributed by atoms with Gasteiger partial charge in [0.15, 0.2) is 6.29 Å². The molecule has 0 saturated carbocycles. The highest BCUT2D eigenvalue weighted by atomic mass is 35.5. The van der Waals surface area contributed by atoms with E-state index in [-0.39, 0.29) is 17.9 Å². The summed E-state index contributed by atoms with van der Waals surface area (Å²) >= 11 is 13.6. The van der Waals surface area contributed by atoms with Crippen LogP contribution < -0.4 is 9.47 Å². The Bertz CT molecular complexity index is 2010.